The number of carbonyl (C=O) groups excluding carboxylic acids is 1. The van der Waals surface area contributed by atoms with E-state index in [1.165, 1.54) is 0 Å². The van der Waals surface area contributed by atoms with Gasteiger partial charge in [0.05, 0.1) is 20.4 Å². The Morgan fingerprint density at radius 3 is 2.55 bits per heavy atom. The normalized spacial score (nSPS) is 51.4. The Morgan fingerprint density at radius 1 is 1.14 bits per heavy atom. The monoisotopic (exact) mass is 330 g/mol. The minimum absolute atomic E-state index is 0.0238. The van der Waals surface area contributed by atoms with Crippen molar-refractivity contribution in [3.05, 3.63) is 12.2 Å². The molecule has 4 aliphatic heterocycles. The third-order valence-corrected chi connectivity index (χ3v) is 8.30. The van der Waals surface area contributed by atoms with E-state index in [-0.39, 0.29) is 5.91 Å². The molecular formula is C15H20B2N2OS2. The summed E-state index contributed by atoms with van der Waals surface area (Å²) in [4.78, 5) is 16.0. The van der Waals surface area contributed by atoms with Crippen LogP contribution < -0.4 is 0 Å². The van der Waals surface area contributed by atoms with Crippen LogP contribution in [0, 0.1) is 0 Å². The van der Waals surface area contributed by atoms with E-state index >= 15 is 0 Å². The van der Waals surface area contributed by atoms with Crippen LogP contribution in [0.2, 0.25) is 5.31 Å². The van der Waals surface area contributed by atoms with Crippen LogP contribution in [0.25, 0.3) is 0 Å². The Morgan fingerprint density at radius 2 is 1.82 bits per heavy atom. The summed E-state index contributed by atoms with van der Waals surface area (Å²) >= 11 is 10.1. The second kappa shape index (κ2) is 4.54. The highest BCUT2D eigenvalue weighted by Gasteiger charge is 2.72. The van der Waals surface area contributed by atoms with Crippen LogP contribution in [0.3, 0.4) is 0 Å². The third-order valence-electron chi connectivity index (χ3n) is 6.38. The van der Waals surface area contributed by atoms with E-state index in [2.05, 4.69) is 4.90 Å². The van der Waals surface area contributed by atoms with Gasteiger partial charge in [-0.15, -0.1) is 12.6 Å². The zero-order valence-electron chi connectivity index (χ0n) is 12.7. The van der Waals surface area contributed by atoms with Crippen LogP contribution in [0.4, 0.5) is 0 Å². The summed E-state index contributed by atoms with van der Waals surface area (Å²) in [6, 6.07) is 0. The summed E-state index contributed by atoms with van der Waals surface area (Å²) in [6.07, 6.45) is 7.85. The molecular weight excluding hydrogens is 310 g/mol. The first kappa shape index (κ1) is 15.5. The molecule has 0 spiro atoms. The molecule has 4 atom stereocenters. The molecule has 0 saturated carbocycles. The second-order valence-electron chi connectivity index (χ2n) is 7.32. The molecule has 4 rings (SSSR count). The van der Waals surface area contributed by atoms with Gasteiger partial charge in [-0.1, -0.05) is 12.5 Å². The molecule has 3 fully saturated rings. The molecule has 0 aliphatic carbocycles. The van der Waals surface area contributed by atoms with Crippen LogP contribution in [0.15, 0.2) is 12.2 Å². The largest absolute Gasteiger partial charge is 0.323 e. The van der Waals surface area contributed by atoms with E-state index in [4.69, 9.17) is 41.0 Å². The van der Waals surface area contributed by atoms with Crippen molar-refractivity contribution < 1.29 is 4.79 Å². The van der Waals surface area contributed by atoms with Gasteiger partial charge in [0.2, 0.25) is 5.91 Å². The molecule has 0 N–H and O–H groups in total. The quantitative estimate of drug-likeness (QED) is 0.515. The lowest BCUT2D eigenvalue weighted by atomic mass is 9.37. The smallest absolute Gasteiger partial charge is 0.247 e. The number of thiol groups is 2. The number of hydrogen-bond donors (Lipinski definition) is 2. The Labute approximate surface area is 145 Å². The van der Waals surface area contributed by atoms with E-state index in [0.717, 1.165) is 38.8 Å². The average molecular weight is 330 g/mol. The molecule has 22 heavy (non-hydrogen) atoms. The fourth-order valence-electron chi connectivity index (χ4n) is 5.24. The topological polar surface area (TPSA) is 23.6 Å². The van der Waals surface area contributed by atoms with Crippen molar-refractivity contribution in [1.82, 2.24) is 9.80 Å². The van der Waals surface area contributed by atoms with Gasteiger partial charge in [0.25, 0.3) is 0 Å². The Kier molecular flexibility index (Phi) is 3.21. The van der Waals surface area contributed by atoms with Gasteiger partial charge in [-0.3, -0.25) is 4.79 Å². The third kappa shape index (κ3) is 1.52. The number of nitrogens with zero attached hydrogens (tertiary/aromatic N) is 2. The number of piperidine rings is 3. The van der Waals surface area contributed by atoms with Crippen LogP contribution in [0.1, 0.15) is 32.1 Å². The van der Waals surface area contributed by atoms with E-state index in [1.54, 1.807) is 6.08 Å². The van der Waals surface area contributed by atoms with Crippen LogP contribution >= 0.6 is 25.3 Å². The maximum absolute atomic E-state index is 12.5. The summed E-state index contributed by atoms with van der Waals surface area (Å²) in [6.45, 7) is 2.35. The van der Waals surface area contributed by atoms with Crippen molar-refractivity contribution in [2.75, 3.05) is 19.6 Å². The van der Waals surface area contributed by atoms with Gasteiger partial charge < -0.3 is 9.80 Å². The zero-order valence-corrected chi connectivity index (χ0v) is 14.5. The van der Waals surface area contributed by atoms with Gasteiger partial charge in [0, 0.05) is 6.54 Å². The van der Waals surface area contributed by atoms with Crippen molar-refractivity contribution in [3.63, 3.8) is 0 Å². The lowest BCUT2D eigenvalue weighted by molar-refractivity contribution is -0.143. The predicted molar refractivity (Wildman–Crippen MR) is 95.9 cm³/mol. The predicted octanol–water partition coefficient (Wildman–Crippen LogP) is 1.16. The summed E-state index contributed by atoms with van der Waals surface area (Å²) in [5.41, 5.74) is -0.733. The van der Waals surface area contributed by atoms with Crippen molar-refractivity contribution >= 4 is 46.9 Å². The van der Waals surface area contributed by atoms with E-state index in [0.29, 0.717) is 13.0 Å². The van der Waals surface area contributed by atoms with Gasteiger partial charge in [-0.05, 0) is 55.6 Å². The first-order chi connectivity index (χ1) is 10.3. The number of amides is 1. The molecule has 1 unspecified atom stereocenters. The summed E-state index contributed by atoms with van der Waals surface area (Å²) in [5.74, 6) is -0.0238. The SMILES string of the molecule is [B][C@]12CCCN3CCC[C@](S)(C4(S)CC=CC(=O)N4C1)[C@@]32[B]. The maximum atomic E-state index is 12.5. The molecule has 0 bridgehead atoms. The average Bonchev–Trinajstić information content (AvgIpc) is 2.45. The van der Waals surface area contributed by atoms with Crippen LogP contribution in [-0.2, 0) is 4.79 Å². The molecule has 7 heteroatoms. The summed E-state index contributed by atoms with van der Waals surface area (Å²) in [7, 11) is 13.9. The maximum Gasteiger partial charge on any atom is 0.247 e. The van der Waals surface area contributed by atoms with Crippen molar-refractivity contribution in [2.24, 2.45) is 0 Å². The van der Waals surface area contributed by atoms with Crippen molar-refractivity contribution in [2.45, 2.75) is 52.5 Å². The lowest BCUT2D eigenvalue weighted by Gasteiger charge is -2.76. The molecule has 3 saturated heterocycles. The molecule has 114 valence electrons. The first-order valence-electron chi connectivity index (χ1n) is 8.04. The molecule has 0 aromatic heterocycles. The molecule has 4 heterocycles. The van der Waals surface area contributed by atoms with Gasteiger partial charge in [0.15, 0.2) is 0 Å². The minimum Gasteiger partial charge on any atom is -0.323 e. The molecule has 3 nitrogen and oxygen atoms in total. The molecule has 4 radical (unpaired) electrons. The Balaban J connectivity index is 1.94. The summed E-state index contributed by atoms with van der Waals surface area (Å²) in [5, 5.41) is -0.638. The highest BCUT2D eigenvalue weighted by molar-refractivity contribution is 7.86. The van der Waals surface area contributed by atoms with Crippen molar-refractivity contribution in [1.29, 1.82) is 0 Å². The van der Waals surface area contributed by atoms with Gasteiger partial charge in [-0.2, -0.15) is 12.6 Å². The lowest BCUT2D eigenvalue weighted by Crippen LogP contribution is -2.85. The fraction of sp³-hybridized carbons (Fsp3) is 0.800. The van der Waals surface area contributed by atoms with Crippen LogP contribution in [0.5, 0.6) is 0 Å². The van der Waals surface area contributed by atoms with Gasteiger partial charge >= 0.3 is 0 Å². The van der Waals surface area contributed by atoms with Crippen LogP contribution in [-0.4, -0.2) is 66.1 Å². The molecule has 4 aliphatic rings. The van der Waals surface area contributed by atoms with Gasteiger partial charge in [-0.25, -0.2) is 0 Å². The first-order valence-corrected chi connectivity index (χ1v) is 8.94. The highest BCUT2D eigenvalue weighted by atomic mass is 32.1. The number of hydrogen-bond acceptors (Lipinski definition) is 4. The van der Waals surface area contributed by atoms with Crippen molar-refractivity contribution in [3.8, 4) is 0 Å². The van der Waals surface area contributed by atoms with Gasteiger partial charge in [0.1, 0.15) is 4.87 Å². The Hall–Kier alpha value is -0.000130. The summed E-state index contributed by atoms with van der Waals surface area (Å²) < 4.78 is -0.630. The van der Waals surface area contributed by atoms with E-state index < -0.39 is 20.4 Å². The minimum atomic E-state index is -0.733. The zero-order chi connectivity index (χ0) is 15.8. The Bertz CT molecular complexity index is 574. The number of fused-ring (bicyclic) bond motifs is 2. The standard InChI is InChI=1S/C15H20B2N2OS2/c16-12-5-2-8-18-9-3-6-13(21,15(12,18)17)14(22)7-1-4-11(20)19(14)10-12/h1,4,21-22H,2-3,5-10H2/t12-,13+,14?,15+/m1/s1. The van der Waals surface area contributed by atoms with E-state index in [1.807, 2.05) is 11.0 Å². The molecule has 0 aromatic rings. The molecule has 1 amide bonds. The fourth-order valence-corrected chi connectivity index (χ4v) is 6.53. The second-order valence-corrected chi connectivity index (χ2v) is 8.83. The number of carbonyl (C=O) groups is 1. The number of rotatable bonds is 0. The highest BCUT2D eigenvalue weighted by Crippen LogP contribution is 2.66. The van der Waals surface area contributed by atoms with E-state index in [9.17, 15) is 4.79 Å². The molecule has 0 aromatic carbocycles.